The first-order chi connectivity index (χ1) is 16.1. The predicted molar refractivity (Wildman–Crippen MR) is 137 cm³/mol. The Balaban J connectivity index is 1.56. The number of carbonyl (C=O) groups excluding carboxylic acids is 2. The number of rotatable bonds is 8. The lowest BCUT2D eigenvalue weighted by molar-refractivity contribution is -0.133. The molecule has 2 amide bonds. The summed E-state index contributed by atoms with van der Waals surface area (Å²) in [5.74, 6) is -0.0678. The molecular formula is C27H29BrN2O2S. The van der Waals surface area contributed by atoms with Gasteiger partial charge in [-0.3, -0.25) is 9.59 Å². The van der Waals surface area contributed by atoms with Crippen LogP contribution in [0.15, 0.2) is 76.6 Å². The molecule has 0 atom stereocenters. The van der Waals surface area contributed by atoms with Gasteiger partial charge in [0.05, 0.1) is 6.54 Å². The van der Waals surface area contributed by atoms with Crippen molar-refractivity contribution in [3.8, 4) is 0 Å². The zero-order valence-electron chi connectivity index (χ0n) is 18.7. The quantitative estimate of drug-likeness (QED) is 0.336. The summed E-state index contributed by atoms with van der Waals surface area (Å²) in [6.07, 6.45) is 5.32. The van der Waals surface area contributed by atoms with Crippen LogP contribution >= 0.6 is 27.3 Å². The van der Waals surface area contributed by atoms with Crippen LogP contribution in [0.4, 0.5) is 0 Å². The van der Waals surface area contributed by atoms with Crippen LogP contribution in [0, 0.1) is 0 Å². The lowest BCUT2D eigenvalue weighted by atomic mass is 9.93. The van der Waals surface area contributed by atoms with Crippen LogP contribution in [0.5, 0.6) is 0 Å². The van der Waals surface area contributed by atoms with Gasteiger partial charge in [0.15, 0.2) is 0 Å². The van der Waals surface area contributed by atoms with Gasteiger partial charge >= 0.3 is 0 Å². The zero-order valence-corrected chi connectivity index (χ0v) is 21.1. The van der Waals surface area contributed by atoms with Gasteiger partial charge in [0.2, 0.25) is 5.91 Å². The van der Waals surface area contributed by atoms with Crippen molar-refractivity contribution in [2.75, 3.05) is 6.54 Å². The highest BCUT2D eigenvalue weighted by atomic mass is 79.9. The Labute approximate surface area is 208 Å². The second-order valence-corrected chi connectivity index (χ2v) is 10.5. The van der Waals surface area contributed by atoms with Crippen LogP contribution in [0.3, 0.4) is 0 Å². The van der Waals surface area contributed by atoms with E-state index in [1.165, 1.54) is 6.42 Å². The van der Waals surface area contributed by atoms with Gasteiger partial charge in [-0.1, -0.05) is 71.6 Å². The van der Waals surface area contributed by atoms with Gasteiger partial charge in [0.25, 0.3) is 5.91 Å². The monoisotopic (exact) mass is 524 g/mol. The fourth-order valence-electron chi connectivity index (χ4n) is 4.39. The van der Waals surface area contributed by atoms with Crippen molar-refractivity contribution in [3.05, 3.63) is 92.6 Å². The summed E-state index contributed by atoms with van der Waals surface area (Å²) < 4.78 is 0.935. The Morgan fingerprint density at radius 2 is 1.61 bits per heavy atom. The third-order valence-corrected chi connectivity index (χ3v) is 7.56. The second-order valence-electron chi connectivity index (χ2n) is 8.55. The number of nitrogens with zero attached hydrogens (tertiary/aromatic N) is 2. The number of carbonyl (C=O) groups is 2. The normalized spacial score (nSPS) is 14.1. The molecule has 1 fully saturated rings. The van der Waals surface area contributed by atoms with Crippen molar-refractivity contribution in [1.29, 1.82) is 0 Å². The molecule has 0 bridgehead atoms. The first-order valence-corrected chi connectivity index (χ1v) is 13.2. The Morgan fingerprint density at radius 1 is 0.879 bits per heavy atom. The predicted octanol–water partition coefficient (Wildman–Crippen LogP) is 6.51. The Morgan fingerprint density at radius 3 is 2.27 bits per heavy atom. The molecule has 0 saturated heterocycles. The van der Waals surface area contributed by atoms with E-state index in [1.54, 1.807) is 11.3 Å². The average molecular weight is 526 g/mol. The molecule has 1 heterocycles. The van der Waals surface area contributed by atoms with Crippen LogP contribution < -0.4 is 0 Å². The fourth-order valence-corrected chi connectivity index (χ4v) is 5.37. The van der Waals surface area contributed by atoms with Gasteiger partial charge in [-0.2, -0.15) is 0 Å². The number of benzene rings is 2. The minimum Gasteiger partial charge on any atom is -0.332 e. The van der Waals surface area contributed by atoms with E-state index >= 15 is 0 Å². The van der Waals surface area contributed by atoms with Gasteiger partial charge in [0, 0.05) is 27.5 Å². The van der Waals surface area contributed by atoms with Crippen LogP contribution in [-0.4, -0.2) is 34.2 Å². The Bertz CT molecular complexity index is 1030. The summed E-state index contributed by atoms with van der Waals surface area (Å²) in [6.45, 7) is 1.19. The van der Waals surface area contributed by atoms with Crippen molar-refractivity contribution in [2.24, 2.45) is 0 Å². The Hall–Kier alpha value is -2.44. The SMILES string of the molecule is O=C(CN(C(=O)c1ccc(Br)cc1)C1CCCCC1)N(Cc1ccccc1)Cc1cccs1. The van der Waals surface area contributed by atoms with Crippen LogP contribution in [-0.2, 0) is 17.9 Å². The van der Waals surface area contributed by atoms with E-state index in [4.69, 9.17) is 0 Å². The molecule has 6 heteroatoms. The van der Waals surface area contributed by atoms with Gasteiger partial charge in [-0.05, 0) is 54.1 Å². The lowest BCUT2D eigenvalue weighted by Crippen LogP contribution is -2.48. The average Bonchev–Trinajstić information content (AvgIpc) is 3.36. The molecule has 0 aliphatic heterocycles. The molecule has 172 valence electrons. The fraction of sp³-hybridized carbons (Fsp3) is 0.333. The van der Waals surface area contributed by atoms with Gasteiger partial charge < -0.3 is 9.80 Å². The van der Waals surface area contributed by atoms with Gasteiger partial charge in [-0.25, -0.2) is 0 Å². The molecule has 33 heavy (non-hydrogen) atoms. The van der Waals surface area contributed by atoms with E-state index in [9.17, 15) is 9.59 Å². The third kappa shape index (κ3) is 6.55. The molecule has 4 nitrogen and oxygen atoms in total. The summed E-state index contributed by atoms with van der Waals surface area (Å²) in [4.78, 5) is 32.0. The minimum absolute atomic E-state index is 0.0108. The maximum atomic E-state index is 13.6. The lowest BCUT2D eigenvalue weighted by Gasteiger charge is -2.35. The van der Waals surface area contributed by atoms with E-state index < -0.39 is 0 Å². The third-order valence-electron chi connectivity index (χ3n) is 6.17. The molecular weight excluding hydrogens is 496 g/mol. The minimum atomic E-state index is -0.0569. The number of halogens is 1. The summed E-state index contributed by atoms with van der Waals surface area (Å²) in [5, 5.41) is 2.03. The number of hydrogen-bond acceptors (Lipinski definition) is 3. The highest BCUT2D eigenvalue weighted by molar-refractivity contribution is 9.10. The van der Waals surface area contributed by atoms with Crippen molar-refractivity contribution >= 4 is 39.1 Å². The van der Waals surface area contributed by atoms with Crippen LogP contribution in [0.25, 0.3) is 0 Å². The molecule has 2 aromatic carbocycles. The molecule has 1 aliphatic rings. The molecule has 3 aromatic rings. The van der Waals surface area contributed by atoms with Gasteiger partial charge in [-0.15, -0.1) is 11.3 Å². The highest BCUT2D eigenvalue weighted by Gasteiger charge is 2.30. The number of amides is 2. The molecule has 1 aliphatic carbocycles. The second kappa shape index (κ2) is 11.6. The molecule has 0 radical (unpaired) electrons. The summed E-state index contributed by atoms with van der Waals surface area (Å²) in [6, 6.07) is 21.7. The topological polar surface area (TPSA) is 40.6 Å². The smallest absolute Gasteiger partial charge is 0.254 e. The maximum Gasteiger partial charge on any atom is 0.254 e. The summed E-state index contributed by atoms with van der Waals surface area (Å²) >= 11 is 5.09. The number of hydrogen-bond donors (Lipinski definition) is 0. The molecule has 4 rings (SSSR count). The first-order valence-electron chi connectivity index (χ1n) is 11.5. The van der Waals surface area contributed by atoms with E-state index in [-0.39, 0.29) is 24.4 Å². The van der Waals surface area contributed by atoms with E-state index in [1.807, 2.05) is 75.8 Å². The van der Waals surface area contributed by atoms with E-state index in [0.29, 0.717) is 18.7 Å². The molecule has 1 aromatic heterocycles. The van der Waals surface area contributed by atoms with Gasteiger partial charge in [0.1, 0.15) is 6.54 Å². The van der Waals surface area contributed by atoms with Crippen LogP contribution in [0.2, 0.25) is 0 Å². The highest BCUT2D eigenvalue weighted by Crippen LogP contribution is 2.25. The van der Waals surface area contributed by atoms with Crippen molar-refractivity contribution < 1.29 is 9.59 Å². The number of thiophene rings is 1. The standard InChI is InChI=1S/C27H29BrN2O2S/c28-23-15-13-22(14-16-23)27(32)30(24-10-5-2-6-11-24)20-26(31)29(19-25-12-7-17-33-25)18-21-8-3-1-4-9-21/h1,3-4,7-9,12-17,24H,2,5-6,10-11,18-20H2. The largest absolute Gasteiger partial charge is 0.332 e. The zero-order chi connectivity index (χ0) is 23.0. The molecule has 0 unspecified atom stereocenters. The molecule has 0 N–H and O–H groups in total. The van der Waals surface area contributed by atoms with E-state index in [2.05, 4.69) is 22.0 Å². The van der Waals surface area contributed by atoms with Crippen molar-refractivity contribution in [2.45, 2.75) is 51.2 Å². The Kier molecular flexibility index (Phi) is 8.35. The van der Waals surface area contributed by atoms with Crippen LogP contribution in [0.1, 0.15) is 52.9 Å². The maximum absolute atomic E-state index is 13.6. The van der Waals surface area contributed by atoms with Crippen molar-refractivity contribution in [3.63, 3.8) is 0 Å². The van der Waals surface area contributed by atoms with E-state index in [0.717, 1.165) is 40.6 Å². The summed E-state index contributed by atoms with van der Waals surface area (Å²) in [5.41, 5.74) is 1.72. The summed E-state index contributed by atoms with van der Waals surface area (Å²) in [7, 11) is 0. The molecule has 0 spiro atoms. The first kappa shape index (κ1) is 23.7. The molecule has 1 saturated carbocycles. The van der Waals surface area contributed by atoms with Crippen molar-refractivity contribution in [1.82, 2.24) is 9.80 Å².